The lowest BCUT2D eigenvalue weighted by atomic mass is 9.77. The van der Waals surface area contributed by atoms with Crippen LogP contribution in [0.5, 0.6) is 0 Å². The zero-order chi connectivity index (χ0) is 22.1. The highest BCUT2D eigenvalue weighted by molar-refractivity contribution is 7.00. The summed E-state index contributed by atoms with van der Waals surface area (Å²) in [4.78, 5) is 5.20. The van der Waals surface area contributed by atoms with Gasteiger partial charge in [0.1, 0.15) is 11.0 Å². The minimum absolute atomic E-state index is 0.426. The van der Waals surface area contributed by atoms with Crippen LogP contribution in [0.4, 0.5) is 0 Å². The normalized spacial score (nSPS) is 17.6. The Morgan fingerprint density at radius 1 is 0.750 bits per heavy atom. The van der Waals surface area contributed by atoms with E-state index in [0.29, 0.717) is 0 Å². The topological polar surface area (TPSA) is 57.1 Å². The Bertz CT molecular complexity index is 1480. The van der Waals surface area contributed by atoms with Crippen molar-refractivity contribution in [1.29, 1.82) is 0 Å². The third-order valence-corrected chi connectivity index (χ3v) is 7.34. The minimum Gasteiger partial charge on any atom is -0.399 e. The number of pyridine rings is 1. The molecule has 2 aromatic heterocycles. The molecule has 5 aromatic rings. The number of hydrogen-bond donors (Lipinski definition) is 0. The van der Waals surface area contributed by atoms with Crippen LogP contribution in [0.1, 0.15) is 27.7 Å². The molecule has 0 amide bonds. The van der Waals surface area contributed by atoms with Gasteiger partial charge in [-0.3, -0.25) is 0 Å². The van der Waals surface area contributed by atoms with Crippen LogP contribution < -0.4 is 5.46 Å². The van der Waals surface area contributed by atoms with Crippen LogP contribution in [0, 0.1) is 0 Å². The van der Waals surface area contributed by atoms with E-state index >= 15 is 0 Å². The van der Waals surface area contributed by atoms with Gasteiger partial charge in [-0.25, -0.2) is 4.98 Å². The van der Waals surface area contributed by atoms with E-state index in [1.165, 1.54) is 11.7 Å². The number of fused-ring (bicyclic) bond motifs is 5. The van der Waals surface area contributed by atoms with Crippen LogP contribution in [0.15, 0.2) is 60.7 Å². The van der Waals surface area contributed by atoms with Crippen molar-refractivity contribution in [2.24, 2.45) is 0 Å². The maximum Gasteiger partial charge on any atom is 0.497 e. The van der Waals surface area contributed by atoms with Crippen molar-refractivity contribution in [3.63, 3.8) is 0 Å². The van der Waals surface area contributed by atoms with Crippen molar-refractivity contribution in [2.45, 2.75) is 38.9 Å². The fourth-order valence-corrected chi connectivity index (χ4v) is 4.90. The maximum absolute atomic E-state index is 6.40. The van der Waals surface area contributed by atoms with Gasteiger partial charge in [0, 0.05) is 27.2 Å². The van der Waals surface area contributed by atoms with Crippen molar-refractivity contribution in [3.8, 4) is 11.3 Å². The van der Waals surface area contributed by atoms with Crippen LogP contribution >= 0.6 is 11.7 Å². The molecular weight excluding hydrogens is 417 g/mol. The molecule has 1 aliphatic heterocycles. The van der Waals surface area contributed by atoms with Gasteiger partial charge in [-0.05, 0) is 39.8 Å². The molecule has 158 valence electrons. The molecule has 3 heterocycles. The molecule has 0 radical (unpaired) electrons. The molecule has 1 fully saturated rings. The zero-order valence-corrected chi connectivity index (χ0v) is 19.2. The van der Waals surface area contributed by atoms with Crippen molar-refractivity contribution in [3.05, 3.63) is 60.7 Å². The van der Waals surface area contributed by atoms with Gasteiger partial charge >= 0.3 is 7.12 Å². The number of benzene rings is 3. The summed E-state index contributed by atoms with van der Waals surface area (Å²) >= 11 is 1.24. The first-order chi connectivity index (χ1) is 15.4. The summed E-state index contributed by atoms with van der Waals surface area (Å²) in [5, 5.41) is 3.17. The first-order valence-electron chi connectivity index (χ1n) is 10.7. The SMILES string of the molecule is CC1(C)OB(c2cccc3c2nc(-c2ccccc2)c2ccc4nsnc4c23)OC1(C)C. The lowest BCUT2D eigenvalue weighted by Crippen LogP contribution is -2.41. The van der Waals surface area contributed by atoms with Gasteiger partial charge in [0.2, 0.25) is 0 Å². The molecule has 0 spiro atoms. The maximum atomic E-state index is 6.40. The third-order valence-electron chi connectivity index (χ3n) is 6.80. The first-order valence-corrected chi connectivity index (χ1v) is 11.5. The van der Waals surface area contributed by atoms with Gasteiger partial charge < -0.3 is 9.31 Å². The number of para-hydroxylation sites is 1. The second-order valence-electron chi connectivity index (χ2n) is 9.28. The molecule has 0 bridgehead atoms. The second-order valence-corrected chi connectivity index (χ2v) is 9.81. The van der Waals surface area contributed by atoms with E-state index in [1.807, 2.05) is 30.3 Å². The van der Waals surface area contributed by atoms with Crippen molar-refractivity contribution in [1.82, 2.24) is 13.7 Å². The fourth-order valence-electron chi connectivity index (χ4n) is 4.36. The highest BCUT2D eigenvalue weighted by Crippen LogP contribution is 2.39. The van der Waals surface area contributed by atoms with Crippen molar-refractivity contribution >= 4 is 57.0 Å². The molecule has 6 rings (SSSR count). The van der Waals surface area contributed by atoms with E-state index in [1.54, 1.807) is 0 Å². The summed E-state index contributed by atoms with van der Waals surface area (Å²) in [7, 11) is -0.495. The van der Waals surface area contributed by atoms with Crippen LogP contribution in [-0.2, 0) is 9.31 Å². The van der Waals surface area contributed by atoms with E-state index in [9.17, 15) is 0 Å². The van der Waals surface area contributed by atoms with Gasteiger partial charge in [-0.15, -0.1) is 0 Å². The molecule has 5 nitrogen and oxygen atoms in total. The molecule has 1 aliphatic rings. The summed E-state index contributed by atoms with van der Waals surface area (Å²) in [5.41, 5.74) is 4.74. The van der Waals surface area contributed by atoms with Crippen molar-refractivity contribution < 1.29 is 9.31 Å². The largest absolute Gasteiger partial charge is 0.497 e. The van der Waals surface area contributed by atoms with Gasteiger partial charge in [-0.2, -0.15) is 8.75 Å². The van der Waals surface area contributed by atoms with Gasteiger partial charge in [0.15, 0.2) is 0 Å². The predicted molar refractivity (Wildman–Crippen MR) is 131 cm³/mol. The van der Waals surface area contributed by atoms with Gasteiger partial charge in [0.25, 0.3) is 0 Å². The van der Waals surface area contributed by atoms with Crippen molar-refractivity contribution in [2.75, 3.05) is 0 Å². The Hall–Kier alpha value is -2.87. The number of hydrogen-bond acceptors (Lipinski definition) is 6. The summed E-state index contributed by atoms with van der Waals surface area (Å²) in [5.74, 6) is 0. The Labute approximate surface area is 190 Å². The lowest BCUT2D eigenvalue weighted by Gasteiger charge is -2.32. The molecule has 1 saturated heterocycles. The summed E-state index contributed by atoms with van der Waals surface area (Å²) in [6.45, 7) is 8.28. The molecular formula is C25H22BN3O2S. The quantitative estimate of drug-likeness (QED) is 0.274. The average Bonchev–Trinajstić information content (AvgIpc) is 3.34. The van der Waals surface area contributed by atoms with Gasteiger partial charge in [0.05, 0.1) is 34.1 Å². The molecule has 32 heavy (non-hydrogen) atoms. The Morgan fingerprint density at radius 3 is 2.25 bits per heavy atom. The molecule has 0 unspecified atom stereocenters. The molecule has 0 N–H and O–H groups in total. The fraction of sp³-hybridized carbons (Fsp3) is 0.240. The molecule has 0 atom stereocenters. The lowest BCUT2D eigenvalue weighted by molar-refractivity contribution is 0.00578. The second kappa shape index (κ2) is 6.81. The van der Waals surface area contributed by atoms with E-state index in [-0.39, 0.29) is 0 Å². The Morgan fingerprint density at radius 2 is 1.50 bits per heavy atom. The van der Waals surface area contributed by atoms with Crippen LogP contribution in [0.25, 0.3) is 44.0 Å². The monoisotopic (exact) mass is 439 g/mol. The molecule has 7 heteroatoms. The highest BCUT2D eigenvalue weighted by Gasteiger charge is 2.52. The standard InChI is InChI=1S/C25H22BN3O2S/c1-24(2)25(3,4)31-26(30-24)18-12-8-11-16-20-17(13-14-19-23(20)29-32-28-19)21(27-22(16)18)15-9-6-5-7-10-15/h5-14H,1-4H3. The van der Waals surface area contributed by atoms with Crippen LogP contribution in [0.3, 0.4) is 0 Å². The highest BCUT2D eigenvalue weighted by atomic mass is 32.1. The van der Waals surface area contributed by atoms with Crippen LogP contribution in [-0.4, -0.2) is 32.1 Å². The zero-order valence-electron chi connectivity index (χ0n) is 18.4. The summed E-state index contributed by atoms with van der Waals surface area (Å²) < 4.78 is 21.9. The van der Waals surface area contributed by atoms with E-state index in [4.69, 9.17) is 14.3 Å². The van der Waals surface area contributed by atoms with Gasteiger partial charge in [-0.1, -0.05) is 48.5 Å². The summed E-state index contributed by atoms with van der Waals surface area (Å²) in [6.07, 6.45) is 0. The number of aromatic nitrogens is 3. The Kier molecular flexibility index (Phi) is 4.22. The van der Waals surface area contributed by atoms with Crippen LogP contribution in [0.2, 0.25) is 0 Å². The number of nitrogens with zero attached hydrogens (tertiary/aromatic N) is 3. The molecule has 3 aromatic carbocycles. The first kappa shape index (κ1) is 19.8. The van der Waals surface area contributed by atoms with E-state index in [0.717, 1.165) is 49.4 Å². The minimum atomic E-state index is -0.495. The Balaban J connectivity index is 1.71. The molecule has 0 aliphatic carbocycles. The predicted octanol–water partition coefficient (Wildman–Crippen LogP) is 5.36. The number of rotatable bonds is 2. The molecule has 0 saturated carbocycles. The average molecular weight is 439 g/mol. The summed E-state index contributed by atoms with van der Waals surface area (Å²) in [6, 6.07) is 20.6. The van der Waals surface area contributed by atoms with E-state index in [2.05, 4.69) is 66.8 Å². The van der Waals surface area contributed by atoms with E-state index < -0.39 is 18.3 Å². The smallest absolute Gasteiger partial charge is 0.399 e. The third kappa shape index (κ3) is 2.82.